The zero-order chi connectivity index (χ0) is 21.9. The molecule has 0 saturated carbocycles. The quantitative estimate of drug-likeness (QED) is 0.681. The Bertz CT molecular complexity index is 1030. The van der Waals surface area contributed by atoms with Crippen LogP contribution in [0.25, 0.3) is 0 Å². The number of carbonyl (C=O) groups excluding carboxylic acids is 2. The fourth-order valence-electron chi connectivity index (χ4n) is 3.51. The van der Waals surface area contributed by atoms with Crippen LogP contribution in [-0.2, 0) is 19.6 Å². The minimum Gasteiger partial charge on any atom is -0.469 e. The van der Waals surface area contributed by atoms with Crippen LogP contribution in [0.1, 0.15) is 28.8 Å². The molecule has 0 bridgehead atoms. The highest BCUT2D eigenvalue weighted by Crippen LogP contribution is 2.25. The molecule has 1 fully saturated rings. The lowest BCUT2D eigenvalue weighted by atomic mass is 9.96. The zero-order valence-corrected chi connectivity index (χ0v) is 18.2. The topological polar surface area (TPSA) is 84.0 Å². The molecule has 1 aliphatic rings. The number of carbonyl (C=O) groups is 2. The van der Waals surface area contributed by atoms with Crippen LogP contribution in [0.3, 0.4) is 0 Å². The summed E-state index contributed by atoms with van der Waals surface area (Å²) in [5.74, 6) is -0.698. The van der Waals surface area contributed by atoms with E-state index in [1.54, 1.807) is 29.2 Å². The van der Waals surface area contributed by atoms with Gasteiger partial charge in [0.2, 0.25) is 0 Å². The summed E-state index contributed by atoms with van der Waals surface area (Å²) in [5, 5.41) is 0. The largest absolute Gasteiger partial charge is 0.469 e. The monoisotopic (exact) mass is 430 g/mol. The van der Waals surface area contributed by atoms with Gasteiger partial charge in [0.05, 0.1) is 23.6 Å². The minimum absolute atomic E-state index is 0.0564. The summed E-state index contributed by atoms with van der Waals surface area (Å²) in [6.07, 6.45) is 1.07. The Morgan fingerprint density at radius 2 is 1.70 bits per heavy atom. The first kappa shape index (κ1) is 21.8. The van der Waals surface area contributed by atoms with Crippen molar-refractivity contribution < 1.29 is 22.7 Å². The highest BCUT2D eigenvalue weighted by Gasteiger charge is 2.29. The number of rotatable bonds is 5. The van der Waals surface area contributed by atoms with Crippen molar-refractivity contribution in [3.63, 3.8) is 0 Å². The second-order valence-electron chi connectivity index (χ2n) is 7.43. The first-order valence-electron chi connectivity index (χ1n) is 9.77. The summed E-state index contributed by atoms with van der Waals surface area (Å²) < 4.78 is 32.1. The second-order valence-corrected chi connectivity index (χ2v) is 9.39. The van der Waals surface area contributed by atoms with Crippen LogP contribution in [0, 0.1) is 12.8 Å². The lowest BCUT2D eigenvalue weighted by molar-refractivity contribution is -0.146. The molecule has 0 unspecified atom stereocenters. The highest BCUT2D eigenvalue weighted by molar-refractivity contribution is 7.92. The van der Waals surface area contributed by atoms with E-state index in [1.807, 2.05) is 19.1 Å². The van der Waals surface area contributed by atoms with E-state index in [1.165, 1.54) is 30.6 Å². The third-order valence-corrected chi connectivity index (χ3v) is 7.24. The number of anilines is 1. The van der Waals surface area contributed by atoms with Gasteiger partial charge in [-0.3, -0.25) is 13.9 Å². The first-order chi connectivity index (χ1) is 14.2. The normalized spacial score (nSPS) is 15.0. The summed E-state index contributed by atoms with van der Waals surface area (Å²) in [6, 6.07) is 13.3. The third-order valence-electron chi connectivity index (χ3n) is 5.45. The lowest BCUT2D eigenvalue weighted by Gasteiger charge is -2.30. The molecule has 0 radical (unpaired) electrons. The number of esters is 1. The fraction of sp³-hybridized carbons (Fsp3) is 0.364. The van der Waals surface area contributed by atoms with E-state index >= 15 is 0 Å². The summed E-state index contributed by atoms with van der Waals surface area (Å²) in [5.41, 5.74) is 1.89. The van der Waals surface area contributed by atoms with Gasteiger partial charge in [-0.1, -0.05) is 23.8 Å². The minimum atomic E-state index is -3.81. The molecular formula is C22H26N2O5S. The van der Waals surface area contributed by atoms with Gasteiger partial charge in [-0.15, -0.1) is 0 Å². The number of benzene rings is 2. The van der Waals surface area contributed by atoms with Crippen LogP contribution in [-0.4, -0.2) is 52.4 Å². The highest BCUT2D eigenvalue weighted by atomic mass is 32.2. The van der Waals surface area contributed by atoms with Gasteiger partial charge in [0, 0.05) is 25.7 Å². The Kier molecular flexibility index (Phi) is 6.45. The molecule has 0 aliphatic carbocycles. The number of amides is 1. The molecule has 2 aromatic carbocycles. The summed E-state index contributed by atoms with van der Waals surface area (Å²) in [4.78, 5) is 26.3. The zero-order valence-electron chi connectivity index (χ0n) is 17.4. The summed E-state index contributed by atoms with van der Waals surface area (Å²) in [7, 11) is -0.961. The number of hydrogen-bond acceptors (Lipinski definition) is 5. The van der Waals surface area contributed by atoms with Crippen molar-refractivity contribution in [2.75, 3.05) is 31.6 Å². The van der Waals surface area contributed by atoms with Gasteiger partial charge in [0.25, 0.3) is 15.9 Å². The molecule has 1 amide bonds. The van der Waals surface area contributed by atoms with Crippen LogP contribution in [0.4, 0.5) is 5.69 Å². The van der Waals surface area contributed by atoms with Crippen molar-refractivity contribution in [1.29, 1.82) is 0 Å². The SMILES string of the molecule is COC(=O)C1CCN(C(=O)c2cccc(S(=O)(=O)N(C)c3ccc(C)cc3)c2)CC1. The van der Waals surface area contributed by atoms with Gasteiger partial charge in [0.1, 0.15) is 0 Å². The van der Waals surface area contributed by atoms with E-state index in [0.29, 0.717) is 37.2 Å². The van der Waals surface area contributed by atoms with Crippen LogP contribution < -0.4 is 4.31 Å². The number of likely N-dealkylation sites (tertiary alicyclic amines) is 1. The average molecular weight is 431 g/mol. The van der Waals surface area contributed by atoms with Crippen molar-refractivity contribution in [3.05, 3.63) is 59.7 Å². The fourth-order valence-corrected chi connectivity index (χ4v) is 4.75. The maximum atomic E-state index is 13.1. The van der Waals surface area contributed by atoms with Crippen LogP contribution >= 0.6 is 0 Å². The van der Waals surface area contributed by atoms with E-state index in [0.717, 1.165) is 5.56 Å². The molecule has 0 spiro atoms. The van der Waals surface area contributed by atoms with E-state index in [4.69, 9.17) is 4.74 Å². The van der Waals surface area contributed by atoms with E-state index in [2.05, 4.69) is 0 Å². The molecule has 1 heterocycles. The van der Waals surface area contributed by atoms with E-state index in [-0.39, 0.29) is 22.7 Å². The molecule has 7 nitrogen and oxygen atoms in total. The molecule has 2 aromatic rings. The second kappa shape index (κ2) is 8.87. The van der Waals surface area contributed by atoms with Crippen molar-refractivity contribution in [2.45, 2.75) is 24.7 Å². The number of sulfonamides is 1. The molecule has 0 aromatic heterocycles. The van der Waals surface area contributed by atoms with Gasteiger partial charge in [-0.05, 0) is 50.1 Å². The number of hydrogen-bond donors (Lipinski definition) is 0. The van der Waals surface area contributed by atoms with Gasteiger partial charge in [0.15, 0.2) is 0 Å². The average Bonchev–Trinajstić information content (AvgIpc) is 2.78. The van der Waals surface area contributed by atoms with Gasteiger partial charge >= 0.3 is 5.97 Å². The number of ether oxygens (including phenoxy) is 1. The number of piperidine rings is 1. The summed E-state index contributed by atoms with van der Waals surface area (Å²) >= 11 is 0. The van der Waals surface area contributed by atoms with Gasteiger partial charge in [-0.25, -0.2) is 8.42 Å². The Labute approximate surface area is 177 Å². The van der Waals surface area contributed by atoms with Gasteiger partial charge in [-0.2, -0.15) is 0 Å². The predicted molar refractivity (Wildman–Crippen MR) is 114 cm³/mol. The number of methoxy groups -OCH3 is 1. The van der Waals surface area contributed by atoms with Crippen LogP contribution in [0.15, 0.2) is 53.4 Å². The molecule has 160 valence electrons. The van der Waals surface area contributed by atoms with Crippen molar-refractivity contribution >= 4 is 27.6 Å². The molecule has 3 rings (SSSR count). The van der Waals surface area contributed by atoms with Crippen LogP contribution in [0.5, 0.6) is 0 Å². The van der Waals surface area contributed by atoms with Gasteiger partial charge < -0.3 is 9.64 Å². The summed E-state index contributed by atoms with van der Waals surface area (Å²) in [6.45, 7) is 2.79. The van der Waals surface area contributed by atoms with Crippen LogP contribution in [0.2, 0.25) is 0 Å². The Morgan fingerprint density at radius 1 is 1.07 bits per heavy atom. The van der Waals surface area contributed by atoms with Crippen molar-refractivity contribution in [3.8, 4) is 0 Å². The van der Waals surface area contributed by atoms with Crippen molar-refractivity contribution in [1.82, 2.24) is 4.90 Å². The smallest absolute Gasteiger partial charge is 0.308 e. The maximum absolute atomic E-state index is 13.1. The Morgan fingerprint density at radius 3 is 2.30 bits per heavy atom. The molecule has 1 saturated heterocycles. The lowest BCUT2D eigenvalue weighted by Crippen LogP contribution is -2.40. The Hall–Kier alpha value is -2.87. The maximum Gasteiger partial charge on any atom is 0.308 e. The molecule has 30 heavy (non-hydrogen) atoms. The standard InChI is InChI=1S/C22H26N2O5S/c1-16-7-9-19(10-8-16)23(2)30(27,28)20-6-4-5-18(15-20)21(25)24-13-11-17(12-14-24)22(26)29-3/h4-10,15,17H,11-14H2,1-3H3. The first-order valence-corrected chi connectivity index (χ1v) is 11.2. The molecule has 8 heteroatoms. The molecule has 1 aliphatic heterocycles. The van der Waals surface area contributed by atoms with E-state index < -0.39 is 10.0 Å². The predicted octanol–water partition coefficient (Wildman–Crippen LogP) is 2.85. The third kappa shape index (κ3) is 4.48. The van der Waals surface area contributed by atoms with Crippen molar-refractivity contribution in [2.24, 2.45) is 5.92 Å². The molecule has 0 N–H and O–H groups in total. The van der Waals surface area contributed by atoms with E-state index in [9.17, 15) is 18.0 Å². The molecule has 0 atom stereocenters. The Balaban J connectivity index is 1.78. The number of aryl methyl sites for hydroxylation is 1. The number of nitrogens with zero attached hydrogens (tertiary/aromatic N) is 2. The molecular weight excluding hydrogens is 404 g/mol.